The Morgan fingerprint density at radius 2 is 1.94 bits per heavy atom. The predicted octanol–water partition coefficient (Wildman–Crippen LogP) is 1.68. The van der Waals surface area contributed by atoms with Crippen LogP contribution in [0.1, 0.15) is 12.0 Å². The van der Waals surface area contributed by atoms with Crippen molar-refractivity contribution in [3.05, 3.63) is 29.8 Å². The van der Waals surface area contributed by atoms with Gasteiger partial charge in [-0.25, -0.2) is 0 Å². The van der Waals surface area contributed by atoms with E-state index in [2.05, 4.69) is 24.3 Å². The molecule has 0 aliphatic heterocycles. The van der Waals surface area contributed by atoms with Crippen molar-refractivity contribution in [2.24, 2.45) is 0 Å². The molecule has 0 radical (unpaired) electrons. The van der Waals surface area contributed by atoms with Gasteiger partial charge < -0.3 is 15.3 Å². The van der Waals surface area contributed by atoms with E-state index in [0.717, 1.165) is 30.8 Å². The third-order valence-electron chi connectivity index (χ3n) is 2.42. The molecule has 4 heteroatoms. The fourth-order valence-electron chi connectivity index (χ4n) is 1.54. The van der Waals surface area contributed by atoms with Crippen LogP contribution in [-0.2, 0) is 11.2 Å². The van der Waals surface area contributed by atoms with Gasteiger partial charge in [0.2, 0.25) is 0 Å². The van der Waals surface area contributed by atoms with Crippen LogP contribution >= 0.6 is 0 Å². The zero-order valence-corrected chi connectivity index (χ0v) is 10.4. The molecule has 4 nitrogen and oxygen atoms in total. The number of carboxylic acid groups (broad SMARTS) is 1. The van der Waals surface area contributed by atoms with E-state index in [-0.39, 0.29) is 6.42 Å². The van der Waals surface area contributed by atoms with Gasteiger partial charge in [-0.1, -0.05) is 12.1 Å². The first-order valence-corrected chi connectivity index (χ1v) is 5.77. The number of carboxylic acids is 1. The van der Waals surface area contributed by atoms with E-state index >= 15 is 0 Å². The number of benzene rings is 1. The normalized spacial score (nSPS) is 10.5. The van der Waals surface area contributed by atoms with Gasteiger partial charge in [-0.3, -0.25) is 4.79 Å². The van der Waals surface area contributed by atoms with Gasteiger partial charge in [0.05, 0.1) is 6.42 Å². The van der Waals surface area contributed by atoms with Crippen LogP contribution in [0, 0.1) is 0 Å². The fourth-order valence-corrected chi connectivity index (χ4v) is 1.54. The lowest BCUT2D eigenvalue weighted by Crippen LogP contribution is -2.16. The summed E-state index contributed by atoms with van der Waals surface area (Å²) in [5, 5.41) is 11.9. The summed E-state index contributed by atoms with van der Waals surface area (Å²) in [6.07, 6.45) is 1.17. The quantitative estimate of drug-likeness (QED) is 0.707. The van der Waals surface area contributed by atoms with E-state index in [9.17, 15) is 4.79 Å². The Bertz CT molecular complexity index is 347. The van der Waals surface area contributed by atoms with Crippen LogP contribution in [0.2, 0.25) is 0 Å². The Balaban J connectivity index is 2.32. The van der Waals surface area contributed by atoms with Gasteiger partial charge in [0.1, 0.15) is 0 Å². The molecule has 0 aromatic heterocycles. The summed E-state index contributed by atoms with van der Waals surface area (Å²) in [5.74, 6) is -0.795. The Morgan fingerprint density at radius 1 is 1.29 bits per heavy atom. The third-order valence-corrected chi connectivity index (χ3v) is 2.42. The zero-order chi connectivity index (χ0) is 12.7. The molecule has 17 heavy (non-hydrogen) atoms. The molecule has 94 valence electrons. The van der Waals surface area contributed by atoms with E-state index in [0.29, 0.717) is 0 Å². The summed E-state index contributed by atoms with van der Waals surface area (Å²) in [6.45, 7) is 1.99. The largest absolute Gasteiger partial charge is 0.481 e. The minimum absolute atomic E-state index is 0.0842. The topological polar surface area (TPSA) is 52.6 Å². The summed E-state index contributed by atoms with van der Waals surface area (Å²) in [5.41, 5.74) is 1.87. The molecule has 1 aromatic rings. The van der Waals surface area contributed by atoms with Crippen molar-refractivity contribution in [2.75, 3.05) is 32.5 Å². The van der Waals surface area contributed by atoms with Crippen LogP contribution in [0.5, 0.6) is 0 Å². The zero-order valence-electron chi connectivity index (χ0n) is 10.4. The Morgan fingerprint density at radius 3 is 2.47 bits per heavy atom. The molecule has 0 fully saturated rings. The molecule has 1 aromatic carbocycles. The number of hydrogen-bond donors (Lipinski definition) is 2. The van der Waals surface area contributed by atoms with Crippen LogP contribution in [0.4, 0.5) is 5.69 Å². The van der Waals surface area contributed by atoms with E-state index in [1.54, 1.807) is 0 Å². The molecular weight excluding hydrogens is 216 g/mol. The van der Waals surface area contributed by atoms with Gasteiger partial charge in [0.25, 0.3) is 0 Å². The maximum Gasteiger partial charge on any atom is 0.307 e. The van der Waals surface area contributed by atoms with Crippen molar-refractivity contribution in [1.29, 1.82) is 0 Å². The SMILES string of the molecule is CN(C)CCCNc1ccc(CC(=O)O)cc1. The minimum atomic E-state index is -0.795. The van der Waals surface area contributed by atoms with Crippen molar-refractivity contribution in [2.45, 2.75) is 12.8 Å². The molecular formula is C13H20N2O2. The number of nitrogens with zero attached hydrogens (tertiary/aromatic N) is 1. The van der Waals surface area contributed by atoms with Crippen molar-refractivity contribution in [3.8, 4) is 0 Å². The van der Waals surface area contributed by atoms with Gasteiger partial charge in [0, 0.05) is 12.2 Å². The van der Waals surface area contributed by atoms with Crippen LogP contribution in [0.25, 0.3) is 0 Å². The maximum absolute atomic E-state index is 10.5. The van der Waals surface area contributed by atoms with Crippen molar-refractivity contribution < 1.29 is 9.90 Å². The summed E-state index contributed by atoms with van der Waals surface area (Å²) >= 11 is 0. The highest BCUT2D eigenvalue weighted by Gasteiger charge is 1.99. The van der Waals surface area contributed by atoms with Crippen LogP contribution in [-0.4, -0.2) is 43.2 Å². The lowest BCUT2D eigenvalue weighted by molar-refractivity contribution is -0.136. The molecule has 0 aliphatic carbocycles. The van der Waals surface area contributed by atoms with Gasteiger partial charge in [-0.05, 0) is 44.8 Å². The first-order valence-electron chi connectivity index (χ1n) is 5.77. The van der Waals surface area contributed by atoms with Gasteiger partial charge in [-0.2, -0.15) is 0 Å². The molecule has 0 heterocycles. The first kappa shape index (κ1) is 13.5. The van der Waals surface area contributed by atoms with Crippen molar-refractivity contribution in [3.63, 3.8) is 0 Å². The predicted molar refractivity (Wildman–Crippen MR) is 69.4 cm³/mol. The molecule has 2 N–H and O–H groups in total. The van der Waals surface area contributed by atoms with Crippen LogP contribution < -0.4 is 5.32 Å². The van der Waals surface area contributed by atoms with E-state index in [1.165, 1.54) is 0 Å². The number of carbonyl (C=O) groups is 1. The average molecular weight is 236 g/mol. The number of rotatable bonds is 7. The first-order chi connectivity index (χ1) is 8.08. The molecule has 0 spiro atoms. The summed E-state index contributed by atoms with van der Waals surface area (Å²) < 4.78 is 0. The van der Waals surface area contributed by atoms with Gasteiger partial charge >= 0.3 is 5.97 Å². The van der Waals surface area contributed by atoms with Crippen LogP contribution in [0.3, 0.4) is 0 Å². The number of aliphatic carboxylic acids is 1. The summed E-state index contributed by atoms with van der Waals surface area (Å²) in [4.78, 5) is 12.7. The Kier molecular flexibility index (Phi) is 5.49. The van der Waals surface area contributed by atoms with E-state index in [1.807, 2.05) is 24.3 Å². The lowest BCUT2D eigenvalue weighted by atomic mass is 10.1. The third kappa shape index (κ3) is 5.92. The van der Waals surface area contributed by atoms with Crippen molar-refractivity contribution >= 4 is 11.7 Å². The van der Waals surface area contributed by atoms with Gasteiger partial charge in [0.15, 0.2) is 0 Å². The Hall–Kier alpha value is -1.55. The number of nitrogens with one attached hydrogen (secondary N) is 1. The van der Waals surface area contributed by atoms with E-state index < -0.39 is 5.97 Å². The second kappa shape index (κ2) is 6.91. The van der Waals surface area contributed by atoms with Crippen LogP contribution in [0.15, 0.2) is 24.3 Å². The van der Waals surface area contributed by atoms with E-state index in [4.69, 9.17) is 5.11 Å². The second-order valence-electron chi connectivity index (χ2n) is 4.35. The fraction of sp³-hybridized carbons (Fsp3) is 0.462. The molecule has 1 rings (SSSR count). The minimum Gasteiger partial charge on any atom is -0.481 e. The highest BCUT2D eigenvalue weighted by molar-refractivity contribution is 5.70. The highest BCUT2D eigenvalue weighted by Crippen LogP contribution is 2.10. The standard InChI is InChI=1S/C13H20N2O2/c1-15(2)9-3-8-14-12-6-4-11(5-7-12)10-13(16)17/h4-7,14H,3,8-10H2,1-2H3,(H,16,17). The average Bonchev–Trinajstić information content (AvgIpc) is 2.25. The smallest absolute Gasteiger partial charge is 0.307 e. The molecule has 0 saturated carbocycles. The molecule has 0 amide bonds. The van der Waals surface area contributed by atoms with Gasteiger partial charge in [-0.15, -0.1) is 0 Å². The molecule has 0 aliphatic rings. The maximum atomic E-state index is 10.5. The Labute approximate surface area is 102 Å². The molecule has 0 saturated heterocycles. The summed E-state index contributed by atoms with van der Waals surface area (Å²) in [7, 11) is 4.11. The summed E-state index contributed by atoms with van der Waals surface area (Å²) in [6, 6.07) is 7.55. The number of hydrogen-bond acceptors (Lipinski definition) is 3. The molecule has 0 unspecified atom stereocenters. The lowest BCUT2D eigenvalue weighted by Gasteiger charge is -2.10. The number of anilines is 1. The van der Waals surface area contributed by atoms with Crippen molar-refractivity contribution in [1.82, 2.24) is 4.90 Å². The highest BCUT2D eigenvalue weighted by atomic mass is 16.4. The monoisotopic (exact) mass is 236 g/mol. The molecule has 0 bridgehead atoms. The molecule has 0 atom stereocenters. The second-order valence-corrected chi connectivity index (χ2v) is 4.35.